The van der Waals surface area contributed by atoms with Crippen LogP contribution < -0.4 is 10.6 Å². The third-order valence-corrected chi connectivity index (χ3v) is 4.18. The quantitative estimate of drug-likeness (QED) is 0.451. The van der Waals surface area contributed by atoms with Gasteiger partial charge in [-0.3, -0.25) is 9.59 Å². The van der Waals surface area contributed by atoms with Gasteiger partial charge in [0.05, 0.1) is 0 Å². The van der Waals surface area contributed by atoms with E-state index in [1.165, 1.54) is 4.90 Å². The number of ether oxygens (including phenoxy) is 1. The van der Waals surface area contributed by atoms with Gasteiger partial charge in [-0.1, -0.05) is 49.2 Å². The van der Waals surface area contributed by atoms with Crippen LogP contribution >= 0.6 is 0 Å². The first-order valence-corrected chi connectivity index (χ1v) is 10.3. The van der Waals surface area contributed by atoms with E-state index >= 15 is 0 Å². The third-order valence-electron chi connectivity index (χ3n) is 4.18. The lowest BCUT2D eigenvalue weighted by molar-refractivity contribution is -0.139. The first kappa shape index (κ1) is 25.2. The number of hydrogen-bond acceptors (Lipinski definition) is 4. The first-order valence-electron chi connectivity index (χ1n) is 10.3. The average Bonchev–Trinajstić information content (AvgIpc) is 2.64. The maximum atomic E-state index is 13.0. The van der Waals surface area contributed by atoms with Crippen LogP contribution in [0.1, 0.15) is 57.7 Å². The first-order chi connectivity index (χ1) is 14.1. The van der Waals surface area contributed by atoms with Crippen LogP contribution in [-0.2, 0) is 14.3 Å². The Balaban J connectivity index is 3.07. The normalized spacial score (nSPS) is 11.9. The van der Waals surface area contributed by atoms with Crippen LogP contribution in [0.25, 0.3) is 0 Å². The third kappa shape index (κ3) is 8.68. The van der Waals surface area contributed by atoms with Crippen molar-refractivity contribution < 1.29 is 19.1 Å². The number of rotatable bonds is 10. The van der Waals surface area contributed by atoms with Gasteiger partial charge in [0.25, 0.3) is 0 Å². The van der Waals surface area contributed by atoms with E-state index in [1.807, 2.05) is 38.1 Å². The van der Waals surface area contributed by atoms with Gasteiger partial charge in [0, 0.05) is 13.1 Å². The molecule has 1 atom stereocenters. The van der Waals surface area contributed by atoms with E-state index in [4.69, 9.17) is 4.74 Å². The summed E-state index contributed by atoms with van der Waals surface area (Å²) < 4.78 is 5.18. The molecule has 7 nitrogen and oxygen atoms in total. The monoisotopic (exact) mass is 417 g/mol. The Hall–Kier alpha value is -2.83. The van der Waals surface area contributed by atoms with Crippen LogP contribution in [0.5, 0.6) is 0 Å². The summed E-state index contributed by atoms with van der Waals surface area (Å²) in [6.07, 6.45) is 2.67. The lowest BCUT2D eigenvalue weighted by Crippen LogP contribution is -2.48. The summed E-state index contributed by atoms with van der Waals surface area (Å²) in [6.45, 7) is 13.3. The van der Waals surface area contributed by atoms with E-state index in [2.05, 4.69) is 17.2 Å². The van der Waals surface area contributed by atoms with Gasteiger partial charge in [-0.15, -0.1) is 6.58 Å². The summed E-state index contributed by atoms with van der Waals surface area (Å²) in [4.78, 5) is 39.3. The second kappa shape index (κ2) is 12.0. The van der Waals surface area contributed by atoms with Crippen molar-refractivity contribution in [3.8, 4) is 0 Å². The number of amides is 3. The number of unbranched alkanes of at least 4 members (excludes halogenated alkanes) is 1. The molecule has 0 aliphatic carbocycles. The molecular formula is C23H35N3O4. The van der Waals surface area contributed by atoms with Crippen molar-refractivity contribution in [2.24, 2.45) is 0 Å². The van der Waals surface area contributed by atoms with E-state index in [-0.39, 0.29) is 19.0 Å². The summed E-state index contributed by atoms with van der Waals surface area (Å²) in [5.41, 5.74) is 1.02. The Morgan fingerprint density at radius 3 is 2.50 bits per heavy atom. The van der Waals surface area contributed by atoms with E-state index < -0.39 is 23.6 Å². The van der Waals surface area contributed by atoms with E-state index in [0.717, 1.165) is 18.4 Å². The molecule has 1 aromatic rings. The Morgan fingerprint density at radius 2 is 1.93 bits per heavy atom. The number of aryl methyl sites for hydroxylation is 1. The highest BCUT2D eigenvalue weighted by Crippen LogP contribution is 2.22. The summed E-state index contributed by atoms with van der Waals surface area (Å²) in [7, 11) is 0. The fraction of sp³-hybridized carbons (Fsp3) is 0.522. The van der Waals surface area contributed by atoms with Crippen LogP contribution in [0.3, 0.4) is 0 Å². The minimum absolute atomic E-state index is 0.161. The van der Waals surface area contributed by atoms with Crippen molar-refractivity contribution in [2.45, 2.75) is 59.1 Å². The average molecular weight is 418 g/mol. The maximum Gasteiger partial charge on any atom is 0.408 e. The zero-order valence-corrected chi connectivity index (χ0v) is 18.8. The summed E-state index contributed by atoms with van der Waals surface area (Å²) >= 11 is 0. The number of carbonyl (C=O) groups is 3. The van der Waals surface area contributed by atoms with Gasteiger partial charge in [-0.25, -0.2) is 4.79 Å². The topological polar surface area (TPSA) is 87.7 Å². The number of nitrogens with one attached hydrogen (secondary N) is 2. The van der Waals surface area contributed by atoms with Gasteiger partial charge < -0.3 is 20.3 Å². The van der Waals surface area contributed by atoms with Crippen molar-refractivity contribution >= 4 is 17.9 Å². The molecule has 0 aromatic heterocycles. The van der Waals surface area contributed by atoms with Gasteiger partial charge in [-0.05, 0) is 39.7 Å². The Labute approximate surface area is 179 Å². The van der Waals surface area contributed by atoms with Crippen LogP contribution in [0, 0.1) is 6.92 Å². The molecule has 0 bridgehead atoms. The largest absolute Gasteiger partial charge is 0.444 e. The van der Waals surface area contributed by atoms with Gasteiger partial charge >= 0.3 is 6.09 Å². The molecule has 30 heavy (non-hydrogen) atoms. The molecule has 0 saturated carbocycles. The highest BCUT2D eigenvalue weighted by Gasteiger charge is 2.31. The number of hydrogen-bond donors (Lipinski definition) is 2. The molecule has 2 N–H and O–H groups in total. The SMILES string of the molecule is C=CCN(C(=O)CNC(=O)OC(C)(C)C)C(C(=O)NCCCC)c1cccc(C)c1. The maximum absolute atomic E-state index is 13.0. The molecule has 0 radical (unpaired) electrons. The predicted molar refractivity (Wildman–Crippen MR) is 118 cm³/mol. The minimum Gasteiger partial charge on any atom is -0.444 e. The molecule has 3 amide bonds. The second-order valence-corrected chi connectivity index (χ2v) is 8.15. The Bertz CT molecular complexity index is 740. The van der Waals surface area contributed by atoms with E-state index in [0.29, 0.717) is 12.1 Å². The van der Waals surface area contributed by atoms with Crippen LogP contribution in [0.2, 0.25) is 0 Å². The minimum atomic E-state index is -0.826. The van der Waals surface area contributed by atoms with Crippen LogP contribution in [0.15, 0.2) is 36.9 Å². The lowest BCUT2D eigenvalue weighted by Gasteiger charge is -2.31. The molecule has 1 aromatic carbocycles. The van der Waals surface area contributed by atoms with Crippen LogP contribution in [-0.4, -0.2) is 48.0 Å². The van der Waals surface area contributed by atoms with E-state index in [9.17, 15) is 14.4 Å². The number of benzene rings is 1. The molecular weight excluding hydrogens is 382 g/mol. The number of nitrogens with zero attached hydrogens (tertiary/aromatic N) is 1. The number of carbonyl (C=O) groups excluding carboxylic acids is 3. The molecule has 0 aliphatic heterocycles. The highest BCUT2D eigenvalue weighted by molar-refractivity contribution is 5.90. The van der Waals surface area contributed by atoms with Gasteiger partial charge in [0.15, 0.2) is 0 Å². The smallest absolute Gasteiger partial charge is 0.408 e. The standard InChI is InChI=1S/C23H35N3O4/c1-7-9-13-24-21(28)20(18-12-10-11-17(3)15-18)26(14-8-2)19(27)16-25-22(29)30-23(4,5)6/h8,10-12,15,20H,2,7,9,13-14,16H2,1,3-6H3,(H,24,28)(H,25,29). The van der Waals surface area contributed by atoms with Gasteiger partial charge in [-0.2, -0.15) is 0 Å². The molecule has 1 unspecified atom stereocenters. The molecule has 0 aliphatic rings. The fourth-order valence-corrected chi connectivity index (χ4v) is 2.85. The van der Waals surface area contributed by atoms with Crippen molar-refractivity contribution in [3.05, 3.63) is 48.0 Å². The second-order valence-electron chi connectivity index (χ2n) is 8.15. The lowest BCUT2D eigenvalue weighted by atomic mass is 10.0. The number of alkyl carbamates (subject to hydrolysis) is 1. The predicted octanol–water partition coefficient (Wildman–Crippen LogP) is 3.49. The zero-order chi connectivity index (χ0) is 22.7. The van der Waals surface area contributed by atoms with Gasteiger partial charge in [0.2, 0.25) is 11.8 Å². The molecule has 1 rings (SSSR count). The van der Waals surface area contributed by atoms with Crippen LogP contribution in [0.4, 0.5) is 4.79 Å². The van der Waals surface area contributed by atoms with Crippen molar-refractivity contribution in [1.82, 2.24) is 15.5 Å². The zero-order valence-electron chi connectivity index (χ0n) is 18.8. The van der Waals surface area contributed by atoms with Crippen molar-refractivity contribution in [1.29, 1.82) is 0 Å². The summed E-state index contributed by atoms with van der Waals surface area (Å²) in [5.74, 6) is -0.667. The summed E-state index contributed by atoms with van der Waals surface area (Å²) in [5, 5.41) is 5.38. The highest BCUT2D eigenvalue weighted by atomic mass is 16.6. The Kier molecular flexibility index (Phi) is 10.1. The molecule has 0 heterocycles. The van der Waals surface area contributed by atoms with Gasteiger partial charge in [0.1, 0.15) is 18.2 Å². The van der Waals surface area contributed by atoms with Crippen molar-refractivity contribution in [3.63, 3.8) is 0 Å². The van der Waals surface area contributed by atoms with E-state index in [1.54, 1.807) is 26.8 Å². The van der Waals surface area contributed by atoms with Crippen molar-refractivity contribution in [2.75, 3.05) is 19.6 Å². The molecule has 0 saturated heterocycles. The Morgan fingerprint density at radius 1 is 1.23 bits per heavy atom. The molecule has 0 fully saturated rings. The fourth-order valence-electron chi connectivity index (χ4n) is 2.85. The molecule has 0 spiro atoms. The summed E-state index contributed by atoms with van der Waals surface area (Å²) in [6, 6.07) is 6.66. The molecule has 166 valence electrons. The molecule has 7 heteroatoms.